The van der Waals surface area contributed by atoms with Gasteiger partial charge in [-0.25, -0.2) is 0 Å². The zero-order chi connectivity index (χ0) is 20.5. The molecule has 29 heavy (non-hydrogen) atoms. The van der Waals surface area contributed by atoms with Crippen molar-refractivity contribution in [1.29, 1.82) is 0 Å². The van der Waals surface area contributed by atoms with Crippen molar-refractivity contribution in [2.75, 3.05) is 39.8 Å². The summed E-state index contributed by atoms with van der Waals surface area (Å²) < 4.78 is 27.6. The topological polar surface area (TPSA) is 46.2 Å². The summed E-state index contributed by atoms with van der Waals surface area (Å²) in [6.45, 7) is 12.8. The van der Waals surface area contributed by atoms with E-state index in [0.29, 0.717) is 39.8 Å². The Hall–Kier alpha value is -0.664. The standard InChI is InChI=1S/C19H30O5.C4H10.Ga/c1-3-5-7-20-8-9-21-10-11-22-14-17-13-19-18(23-15-24-19)12-16(17)6-4-2;1-3-4-2;/h12-13H,3-11,14-15H2,1-2H3;3-4H2,1-2H3;. The van der Waals surface area contributed by atoms with Gasteiger partial charge in [0.15, 0.2) is 11.5 Å². The summed E-state index contributed by atoms with van der Waals surface area (Å²) >= 11 is 0. The zero-order valence-electron chi connectivity index (χ0n) is 19.0. The van der Waals surface area contributed by atoms with Gasteiger partial charge >= 0.3 is 0 Å². The molecule has 1 aromatic rings. The molecule has 0 aromatic heterocycles. The van der Waals surface area contributed by atoms with E-state index in [1.807, 2.05) is 6.07 Å². The maximum Gasteiger partial charge on any atom is 0.231 e. The van der Waals surface area contributed by atoms with Crippen molar-refractivity contribution in [3.8, 4) is 11.5 Å². The SMILES string of the molecule is CCCC.CCCCOCCOCCOCc1cc2c(cc1CCC)OCO2.[Ga]. The van der Waals surface area contributed by atoms with Crippen molar-refractivity contribution in [2.24, 2.45) is 0 Å². The first-order valence-electron chi connectivity index (χ1n) is 10.9. The van der Waals surface area contributed by atoms with E-state index >= 15 is 0 Å². The molecule has 1 aliphatic heterocycles. The summed E-state index contributed by atoms with van der Waals surface area (Å²) in [5, 5.41) is 0. The molecular formula is C23H40GaO5. The number of aryl methyl sites for hydroxylation is 1. The van der Waals surface area contributed by atoms with E-state index in [1.165, 1.54) is 24.0 Å². The fraction of sp³-hybridized carbons (Fsp3) is 0.739. The molecule has 6 heteroatoms. The van der Waals surface area contributed by atoms with E-state index in [-0.39, 0.29) is 19.8 Å². The molecule has 0 bridgehead atoms. The predicted octanol–water partition coefficient (Wildman–Crippen LogP) is 5.14. The molecule has 165 valence electrons. The van der Waals surface area contributed by atoms with Crippen molar-refractivity contribution in [1.82, 2.24) is 0 Å². The zero-order valence-corrected chi connectivity index (χ0v) is 21.4. The van der Waals surface area contributed by atoms with Gasteiger partial charge in [-0.15, -0.1) is 0 Å². The van der Waals surface area contributed by atoms with Gasteiger partial charge in [0.1, 0.15) is 0 Å². The summed E-state index contributed by atoms with van der Waals surface area (Å²) in [6.07, 6.45) is 7.02. The molecule has 0 spiro atoms. The van der Waals surface area contributed by atoms with Gasteiger partial charge in [0, 0.05) is 26.4 Å². The number of hydrogen-bond acceptors (Lipinski definition) is 5. The van der Waals surface area contributed by atoms with Crippen LogP contribution in [0, 0.1) is 0 Å². The second kappa shape index (κ2) is 19.3. The van der Waals surface area contributed by atoms with E-state index < -0.39 is 0 Å². The first-order valence-corrected chi connectivity index (χ1v) is 10.9. The normalized spacial score (nSPS) is 11.6. The Balaban J connectivity index is 0.00000143. The maximum atomic E-state index is 5.75. The third kappa shape index (κ3) is 12.6. The van der Waals surface area contributed by atoms with Crippen molar-refractivity contribution in [3.05, 3.63) is 23.3 Å². The molecule has 1 aromatic carbocycles. The van der Waals surface area contributed by atoms with E-state index in [2.05, 4.69) is 33.8 Å². The Kier molecular flexibility index (Phi) is 18.9. The quantitative estimate of drug-likeness (QED) is 0.281. The minimum absolute atomic E-state index is 0. The van der Waals surface area contributed by atoms with Gasteiger partial charge in [-0.3, -0.25) is 0 Å². The Bertz CT molecular complexity index is 508. The Morgan fingerprint density at radius 2 is 1.24 bits per heavy atom. The minimum Gasteiger partial charge on any atom is -0.454 e. The number of fused-ring (bicyclic) bond motifs is 1. The van der Waals surface area contributed by atoms with Crippen LogP contribution < -0.4 is 9.47 Å². The summed E-state index contributed by atoms with van der Waals surface area (Å²) in [7, 11) is 0. The van der Waals surface area contributed by atoms with E-state index in [0.717, 1.165) is 43.8 Å². The Labute approximate surface area is 190 Å². The molecule has 0 fully saturated rings. The number of unbranched alkanes of at least 4 members (excludes halogenated alkanes) is 2. The third-order valence-electron chi connectivity index (χ3n) is 4.36. The van der Waals surface area contributed by atoms with Gasteiger partial charge in [0.25, 0.3) is 0 Å². The number of hydrogen-bond donors (Lipinski definition) is 0. The molecule has 0 unspecified atom stereocenters. The summed E-state index contributed by atoms with van der Waals surface area (Å²) in [6, 6.07) is 4.12. The monoisotopic (exact) mass is 465 g/mol. The van der Waals surface area contributed by atoms with Gasteiger partial charge in [0.05, 0.1) is 33.0 Å². The average Bonchev–Trinajstić information content (AvgIpc) is 3.17. The van der Waals surface area contributed by atoms with Crippen LogP contribution in [0.2, 0.25) is 0 Å². The van der Waals surface area contributed by atoms with Crippen molar-refractivity contribution >= 4 is 19.8 Å². The Morgan fingerprint density at radius 1 is 0.690 bits per heavy atom. The van der Waals surface area contributed by atoms with Gasteiger partial charge in [-0.1, -0.05) is 53.4 Å². The number of ether oxygens (including phenoxy) is 5. The van der Waals surface area contributed by atoms with Crippen molar-refractivity contribution < 1.29 is 23.7 Å². The van der Waals surface area contributed by atoms with Gasteiger partial charge in [-0.2, -0.15) is 0 Å². The van der Waals surface area contributed by atoms with Crippen LogP contribution in [0.5, 0.6) is 11.5 Å². The van der Waals surface area contributed by atoms with Crippen LogP contribution >= 0.6 is 0 Å². The van der Waals surface area contributed by atoms with Crippen LogP contribution in [-0.4, -0.2) is 59.6 Å². The van der Waals surface area contributed by atoms with E-state index in [9.17, 15) is 0 Å². The van der Waals surface area contributed by atoms with Crippen LogP contribution in [0.25, 0.3) is 0 Å². The van der Waals surface area contributed by atoms with E-state index in [4.69, 9.17) is 23.7 Å². The molecule has 0 aliphatic carbocycles. The smallest absolute Gasteiger partial charge is 0.231 e. The van der Waals surface area contributed by atoms with Gasteiger partial charge < -0.3 is 23.7 Å². The minimum atomic E-state index is 0. The molecule has 0 atom stereocenters. The van der Waals surface area contributed by atoms with Crippen LogP contribution in [0.1, 0.15) is 70.9 Å². The van der Waals surface area contributed by atoms with Crippen LogP contribution in [0.3, 0.4) is 0 Å². The molecule has 5 nitrogen and oxygen atoms in total. The fourth-order valence-electron chi connectivity index (χ4n) is 2.53. The summed E-state index contributed by atoms with van der Waals surface area (Å²) in [5.41, 5.74) is 2.44. The van der Waals surface area contributed by atoms with E-state index in [1.54, 1.807) is 0 Å². The van der Waals surface area contributed by atoms with Gasteiger partial charge in [0.2, 0.25) is 6.79 Å². The first kappa shape index (κ1) is 28.3. The molecule has 3 radical (unpaired) electrons. The van der Waals surface area contributed by atoms with Crippen LogP contribution in [0.4, 0.5) is 0 Å². The first-order chi connectivity index (χ1) is 13.8. The molecule has 0 saturated carbocycles. The molecule has 0 saturated heterocycles. The molecule has 1 heterocycles. The molecule has 0 amide bonds. The number of benzene rings is 1. The average molecular weight is 466 g/mol. The third-order valence-corrected chi connectivity index (χ3v) is 4.36. The largest absolute Gasteiger partial charge is 0.454 e. The molecule has 0 N–H and O–H groups in total. The summed E-state index contributed by atoms with van der Waals surface area (Å²) in [4.78, 5) is 0. The number of rotatable bonds is 14. The second-order valence-electron chi connectivity index (χ2n) is 6.86. The molecule has 1 aliphatic rings. The predicted molar refractivity (Wildman–Crippen MR) is 119 cm³/mol. The van der Waals surface area contributed by atoms with Crippen LogP contribution in [0.15, 0.2) is 12.1 Å². The molecule has 2 rings (SSSR count). The van der Waals surface area contributed by atoms with Crippen molar-refractivity contribution in [2.45, 2.75) is 72.8 Å². The van der Waals surface area contributed by atoms with Crippen LogP contribution in [-0.2, 0) is 27.2 Å². The second-order valence-corrected chi connectivity index (χ2v) is 6.86. The molecular weight excluding hydrogens is 426 g/mol. The summed E-state index contributed by atoms with van der Waals surface area (Å²) in [5.74, 6) is 1.66. The van der Waals surface area contributed by atoms with Gasteiger partial charge in [-0.05, 0) is 36.1 Å². The Morgan fingerprint density at radius 3 is 1.79 bits per heavy atom. The fourth-order valence-corrected chi connectivity index (χ4v) is 2.53. The van der Waals surface area contributed by atoms with Crippen molar-refractivity contribution in [3.63, 3.8) is 0 Å². The maximum absolute atomic E-state index is 5.75.